The van der Waals surface area contributed by atoms with Gasteiger partial charge in [-0.15, -0.1) is 0 Å². The lowest BCUT2D eigenvalue weighted by atomic mass is 9.48. The monoisotopic (exact) mass is 544 g/mol. The van der Waals surface area contributed by atoms with E-state index in [1.165, 1.54) is 11.1 Å². The Hall–Kier alpha value is -1.08. The lowest BCUT2D eigenvalue weighted by Crippen LogP contribution is -2.56. The molecule has 0 N–H and O–H groups in total. The molecule has 2 aliphatic heterocycles. The second kappa shape index (κ2) is 8.49. The molecule has 6 heteroatoms. The van der Waals surface area contributed by atoms with Crippen molar-refractivity contribution < 1.29 is 28.1 Å². The standard InChI is InChI=1S/C33H49FO5/c1-28(2,34)14-13-27-33(9,39-30(5,6)38-27)26-11-10-20-19-16-23(35)22-17-24-25(37-29(3,4)36-24)18-32(22,8)21(19)12-15-31(20,26)7/h10,16,21-22,24-27H,11-15,17-18H2,1-9H3/t21-,22-,24+,25-,26-,27+,31-,32+,33+/m0/s1. The van der Waals surface area contributed by atoms with Crippen molar-refractivity contribution in [3.05, 3.63) is 23.3 Å². The van der Waals surface area contributed by atoms with Crippen LogP contribution in [0.15, 0.2) is 23.3 Å². The maximum atomic E-state index is 14.6. The van der Waals surface area contributed by atoms with Gasteiger partial charge in [0.15, 0.2) is 17.4 Å². The molecule has 218 valence electrons. The molecule has 0 amide bonds. The zero-order valence-electron chi connectivity index (χ0n) is 25.5. The molecule has 0 radical (unpaired) electrons. The molecule has 0 aromatic carbocycles. The van der Waals surface area contributed by atoms with Gasteiger partial charge in [-0.2, -0.15) is 0 Å². The highest BCUT2D eigenvalue weighted by Crippen LogP contribution is 2.67. The van der Waals surface area contributed by atoms with E-state index < -0.39 is 22.8 Å². The summed E-state index contributed by atoms with van der Waals surface area (Å²) in [5.41, 5.74) is 0.524. The molecule has 0 spiro atoms. The molecule has 2 saturated carbocycles. The molecule has 6 aliphatic rings. The minimum Gasteiger partial charge on any atom is -0.345 e. The lowest BCUT2D eigenvalue weighted by molar-refractivity contribution is -0.177. The Morgan fingerprint density at radius 2 is 1.67 bits per heavy atom. The van der Waals surface area contributed by atoms with Crippen molar-refractivity contribution in [2.45, 2.75) is 148 Å². The second-order valence-electron chi connectivity index (χ2n) is 15.7. The van der Waals surface area contributed by atoms with Crippen LogP contribution >= 0.6 is 0 Å². The third-order valence-corrected chi connectivity index (χ3v) is 11.4. The number of carbonyl (C=O) groups is 1. The Morgan fingerprint density at radius 1 is 0.974 bits per heavy atom. The average molecular weight is 545 g/mol. The van der Waals surface area contributed by atoms with Gasteiger partial charge in [-0.3, -0.25) is 4.79 Å². The van der Waals surface area contributed by atoms with Crippen molar-refractivity contribution >= 4 is 5.78 Å². The average Bonchev–Trinajstić information content (AvgIpc) is 3.37. The molecule has 0 aromatic heterocycles. The maximum absolute atomic E-state index is 14.6. The SMILES string of the molecule is CC(C)(F)CC[C@H]1OC(C)(C)O[C@]1(C)[C@H]1CC=C2C3=CC(=O)[C@@H]4C[C@H]5OC(C)(C)O[C@H]5C[C@]4(C)[C@H]3CC[C@@]21C. The number of rotatable bonds is 4. The van der Waals surface area contributed by atoms with Gasteiger partial charge in [0, 0.05) is 11.8 Å². The first-order chi connectivity index (χ1) is 17.9. The summed E-state index contributed by atoms with van der Waals surface area (Å²) in [4.78, 5) is 13.8. The van der Waals surface area contributed by atoms with Crippen LogP contribution in [0.2, 0.25) is 0 Å². The van der Waals surface area contributed by atoms with Crippen molar-refractivity contribution in [2.75, 3.05) is 0 Å². The highest BCUT2D eigenvalue weighted by Gasteiger charge is 2.65. The summed E-state index contributed by atoms with van der Waals surface area (Å²) in [6.07, 6.45) is 9.85. The highest BCUT2D eigenvalue weighted by atomic mass is 19.1. The van der Waals surface area contributed by atoms with Crippen LogP contribution in [0, 0.1) is 28.6 Å². The Balaban J connectivity index is 1.30. The fourth-order valence-corrected chi connectivity index (χ4v) is 9.82. The van der Waals surface area contributed by atoms with Gasteiger partial charge >= 0.3 is 0 Å². The predicted octanol–water partition coefficient (Wildman–Crippen LogP) is 7.23. The van der Waals surface area contributed by atoms with Crippen LogP contribution in [0.25, 0.3) is 0 Å². The number of alkyl halides is 1. The van der Waals surface area contributed by atoms with Crippen LogP contribution in [0.4, 0.5) is 4.39 Å². The van der Waals surface area contributed by atoms with Crippen LogP contribution < -0.4 is 0 Å². The Kier molecular flexibility index (Phi) is 6.11. The summed E-state index contributed by atoms with van der Waals surface area (Å²) in [5.74, 6) is -0.553. The number of fused-ring (bicyclic) bond motifs is 6. The number of hydrogen-bond acceptors (Lipinski definition) is 5. The lowest BCUT2D eigenvalue weighted by Gasteiger charge is -2.57. The molecule has 0 bridgehead atoms. The predicted molar refractivity (Wildman–Crippen MR) is 148 cm³/mol. The Labute approximate surface area is 234 Å². The smallest absolute Gasteiger partial charge is 0.164 e. The summed E-state index contributed by atoms with van der Waals surface area (Å²) in [6.45, 7) is 18.1. The molecule has 0 aromatic rings. The van der Waals surface area contributed by atoms with Crippen molar-refractivity contribution in [3.63, 3.8) is 0 Å². The molecular weight excluding hydrogens is 495 g/mol. The first-order valence-corrected chi connectivity index (χ1v) is 15.3. The summed E-state index contributed by atoms with van der Waals surface area (Å²) >= 11 is 0. The van der Waals surface area contributed by atoms with Gasteiger partial charge in [0.25, 0.3) is 0 Å². The van der Waals surface area contributed by atoms with E-state index in [2.05, 4.69) is 26.8 Å². The topological polar surface area (TPSA) is 54.0 Å². The molecule has 9 atom stereocenters. The Bertz CT molecular complexity index is 1120. The van der Waals surface area contributed by atoms with E-state index in [1.807, 2.05) is 33.8 Å². The molecular formula is C33H49FO5. The van der Waals surface area contributed by atoms with E-state index >= 15 is 0 Å². The summed E-state index contributed by atoms with van der Waals surface area (Å²) in [7, 11) is 0. The Morgan fingerprint density at radius 3 is 2.36 bits per heavy atom. The maximum Gasteiger partial charge on any atom is 0.164 e. The summed E-state index contributed by atoms with van der Waals surface area (Å²) in [6, 6.07) is 0. The number of carbonyl (C=O) groups excluding carboxylic acids is 1. The fourth-order valence-electron chi connectivity index (χ4n) is 9.82. The largest absolute Gasteiger partial charge is 0.345 e. The molecule has 2 saturated heterocycles. The number of ether oxygens (including phenoxy) is 4. The molecule has 5 nitrogen and oxygen atoms in total. The summed E-state index contributed by atoms with van der Waals surface area (Å²) < 4.78 is 40.3. The number of allylic oxidation sites excluding steroid dienone is 4. The summed E-state index contributed by atoms with van der Waals surface area (Å²) in [5, 5.41) is 0. The molecule has 4 aliphatic carbocycles. The fraction of sp³-hybridized carbons (Fsp3) is 0.848. The molecule has 2 heterocycles. The zero-order valence-corrected chi connectivity index (χ0v) is 25.5. The van der Waals surface area contributed by atoms with Gasteiger partial charge in [-0.05, 0) is 127 Å². The minimum absolute atomic E-state index is 0.00467. The number of halogens is 1. The quantitative estimate of drug-likeness (QED) is 0.374. The normalized spacial score (nSPS) is 48.1. The van der Waals surface area contributed by atoms with Gasteiger partial charge in [0.2, 0.25) is 0 Å². The molecule has 4 fully saturated rings. The minimum atomic E-state index is -1.25. The van der Waals surface area contributed by atoms with Gasteiger partial charge in [0.05, 0.1) is 23.9 Å². The van der Waals surface area contributed by atoms with Gasteiger partial charge < -0.3 is 18.9 Å². The van der Waals surface area contributed by atoms with Crippen LogP contribution in [0.5, 0.6) is 0 Å². The first-order valence-electron chi connectivity index (χ1n) is 15.3. The van der Waals surface area contributed by atoms with Crippen molar-refractivity contribution in [1.82, 2.24) is 0 Å². The van der Waals surface area contributed by atoms with Crippen molar-refractivity contribution in [2.24, 2.45) is 28.6 Å². The van der Waals surface area contributed by atoms with E-state index in [0.717, 1.165) is 32.1 Å². The third kappa shape index (κ3) is 4.33. The first kappa shape index (κ1) is 28.1. The van der Waals surface area contributed by atoms with Crippen LogP contribution in [-0.2, 0) is 23.7 Å². The molecule has 6 rings (SSSR count). The van der Waals surface area contributed by atoms with E-state index in [9.17, 15) is 9.18 Å². The molecule has 0 unspecified atom stereocenters. The van der Waals surface area contributed by atoms with Crippen LogP contribution in [-0.4, -0.2) is 46.9 Å². The van der Waals surface area contributed by atoms with Gasteiger partial charge in [0.1, 0.15) is 5.67 Å². The second-order valence-corrected chi connectivity index (χ2v) is 15.7. The molecule has 39 heavy (non-hydrogen) atoms. The van der Waals surface area contributed by atoms with Crippen LogP contribution in [0.1, 0.15) is 107 Å². The number of hydrogen-bond donors (Lipinski definition) is 0. The van der Waals surface area contributed by atoms with Crippen molar-refractivity contribution in [1.29, 1.82) is 0 Å². The van der Waals surface area contributed by atoms with E-state index in [0.29, 0.717) is 18.8 Å². The van der Waals surface area contributed by atoms with E-state index in [-0.39, 0.29) is 46.8 Å². The van der Waals surface area contributed by atoms with E-state index in [4.69, 9.17) is 18.9 Å². The van der Waals surface area contributed by atoms with Crippen LogP contribution in [0.3, 0.4) is 0 Å². The van der Waals surface area contributed by atoms with Crippen molar-refractivity contribution in [3.8, 4) is 0 Å². The highest BCUT2D eigenvalue weighted by molar-refractivity contribution is 5.95. The van der Waals surface area contributed by atoms with Gasteiger partial charge in [-0.25, -0.2) is 4.39 Å². The number of ketones is 1. The zero-order chi connectivity index (χ0) is 28.4. The van der Waals surface area contributed by atoms with E-state index in [1.54, 1.807) is 13.8 Å². The third-order valence-electron chi connectivity index (χ3n) is 11.4. The van der Waals surface area contributed by atoms with Gasteiger partial charge in [-0.1, -0.05) is 19.9 Å².